The number of nitrogens with zero attached hydrogens (tertiary/aromatic N) is 3. The number of hydrogen-bond acceptors (Lipinski definition) is 8. The van der Waals surface area contributed by atoms with E-state index in [1.165, 1.54) is 38.5 Å². The molecule has 13 heteroatoms. The summed E-state index contributed by atoms with van der Waals surface area (Å²) < 4.78 is 33.2. The van der Waals surface area contributed by atoms with Crippen molar-refractivity contribution in [2.75, 3.05) is 14.2 Å². The summed E-state index contributed by atoms with van der Waals surface area (Å²) in [7, 11) is -2.42. The standard InChI is InChI=1S/C14H16N6O6S/c1-25-10-7-11(26-2)19-14(18-10)20(13(16)22,27(17,23)24)9-6-4-3-5-8(9)12(15)21/h3-7H,1-2H3,(H5-,15,16,17,21,22,23,24)/p+1. The average Bonchev–Trinajstić information content (AvgIpc) is 2.60. The zero-order valence-electron chi connectivity index (χ0n) is 14.3. The van der Waals surface area contributed by atoms with E-state index in [0.29, 0.717) is 0 Å². The second-order valence-corrected chi connectivity index (χ2v) is 6.67. The molecule has 1 aromatic heterocycles. The number of aromatic nitrogens is 2. The molecule has 0 aliphatic rings. The highest BCUT2D eigenvalue weighted by atomic mass is 32.2. The number of urea groups is 1. The zero-order valence-corrected chi connectivity index (χ0v) is 15.1. The zero-order chi connectivity index (χ0) is 20.4. The maximum Gasteiger partial charge on any atom is 0.443 e. The Morgan fingerprint density at radius 3 is 1.96 bits per heavy atom. The Balaban J connectivity index is 3.07. The van der Waals surface area contributed by atoms with E-state index in [0.717, 1.165) is 6.07 Å². The number of carbonyl (C=O) groups excluding carboxylic acids is 2. The van der Waals surface area contributed by atoms with Crippen LogP contribution < -0.4 is 30.0 Å². The highest BCUT2D eigenvalue weighted by molar-refractivity contribution is 7.89. The molecule has 0 radical (unpaired) electrons. The van der Waals surface area contributed by atoms with Crippen LogP contribution in [0.1, 0.15) is 10.4 Å². The van der Waals surface area contributed by atoms with Crippen LogP contribution in [0.15, 0.2) is 30.3 Å². The summed E-state index contributed by atoms with van der Waals surface area (Å²) in [5, 5.41) is 5.36. The number of benzene rings is 1. The number of carbonyl (C=O) groups is 2. The summed E-state index contributed by atoms with van der Waals surface area (Å²) in [6, 6.07) is 4.86. The van der Waals surface area contributed by atoms with Crippen molar-refractivity contribution >= 4 is 33.8 Å². The lowest BCUT2D eigenvalue weighted by atomic mass is 10.1. The summed E-state index contributed by atoms with van der Waals surface area (Å²) in [4.78, 5) is 32.1. The molecule has 0 saturated carbocycles. The van der Waals surface area contributed by atoms with E-state index < -0.39 is 37.7 Å². The molecule has 0 bridgehead atoms. The Labute approximate surface area is 154 Å². The van der Waals surface area contributed by atoms with E-state index in [2.05, 4.69) is 9.97 Å². The van der Waals surface area contributed by atoms with Crippen molar-refractivity contribution in [2.45, 2.75) is 0 Å². The minimum Gasteiger partial charge on any atom is -0.481 e. The molecular formula is C14H17N6O6S+. The van der Waals surface area contributed by atoms with E-state index in [9.17, 15) is 18.0 Å². The van der Waals surface area contributed by atoms with E-state index in [-0.39, 0.29) is 17.3 Å². The normalized spacial score (nSPS) is 13.4. The molecule has 6 N–H and O–H groups in total. The van der Waals surface area contributed by atoms with Gasteiger partial charge in [-0.3, -0.25) is 4.79 Å². The number of primary amides is 2. The first-order valence-corrected chi connectivity index (χ1v) is 8.69. The quantitative estimate of drug-likeness (QED) is 0.544. The van der Waals surface area contributed by atoms with Gasteiger partial charge < -0.3 is 20.9 Å². The molecule has 27 heavy (non-hydrogen) atoms. The van der Waals surface area contributed by atoms with Gasteiger partial charge in [0.25, 0.3) is 5.91 Å². The number of methoxy groups -OCH3 is 2. The van der Waals surface area contributed by atoms with Crippen LogP contribution in [0, 0.1) is 0 Å². The molecular weight excluding hydrogens is 380 g/mol. The van der Waals surface area contributed by atoms with Gasteiger partial charge in [0.1, 0.15) is 5.56 Å². The molecule has 3 amide bonds. The van der Waals surface area contributed by atoms with Crippen LogP contribution in [-0.4, -0.2) is 44.5 Å². The van der Waals surface area contributed by atoms with Crippen molar-refractivity contribution in [1.29, 1.82) is 0 Å². The van der Waals surface area contributed by atoms with Crippen LogP contribution in [0.5, 0.6) is 11.8 Å². The minimum absolute atomic E-state index is 0.138. The van der Waals surface area contributed by atoms with Crippen molar-refractivity contribution < 1.29 is 27.5 Å². The van der Waals surface area contributed by atoms with Gasteiger partial charge in [-0.1, -0.05) is 12.1 Å². The summed E-state index contributed by atoms with van der Waals surface area (Å²) in [6.07, 6.45) is 0. The number of amides is 3. The summed E-state index contributed by atoms with van der Waals surface area (Å²) in [6.45, 7) is 0. The SMILES string of the molecule is COc1cc(OC)nc([N+](C(N)=O)(c2ccccc2C(N)=O)S(N)(=O)=O)n1. The van der Waals surface area contributed by atoms with E-state index in [1.807, 2.05) is 0 Å². The lowest BCUT2D eigenvalue weighted by molar-refractivity contribution is 0.100. The molecule has 1 unspecified atom stereocenters. The number of para-hydroxylation sites is 1. The van der Waals surface area contributed by atoms with Gasteiger partial charge in [0.05, 0.1) is 20.3 Å². The number of rotatable bonds is 6. The molecule has 1 atom stereocenters. The van der Waals surface area contributed by atoms with Gasteiger partial charge in [0.15, 0.2) is 5.69 Å². The number of quaternary nitrogens is 1. The molecule has 1 heterocycles. The third kappa shape index (κ3) is 3.25. The minimum atomic E-state index is -4.92. The van der Waals surface area contributed by atoms with Crippen LogP contribution in [0.4, 0.5) is 16.4 Å². The lowest BCUT2D eigenvalue weighted by Crippen LogP contribution is -2.61. The smallest absolute Gasteiger partial charge is 0.443 e. The molecule has 2 rings (SSSR count). The van der Waals surface area contributed by atoms with Crippen molar-refractivity contribution in [3.8, 4) is 11.8 Å². The third-order valence-electron chi connectivity index (χ3n) is 3.57. The van der Waals surface area contributed by atoms with Crippen LogP contribution in [0.2, 0.25) is 0 Å². The van der Waals surface area contributed by atoms with Crippen molar-refractivity contribution in [3.05, 3.63) is 35.9 Å². The van der Waals surface area contributed by atoms with Crippen molar-refractivity contribution in [2.24, 2.45) is 16.6 Å². The molecule has 0 spiro atoms. The molecule has 12 nitrogen and oxygen atoms in total. The fourth-order valence-corrected chi connectivity index (χ4v) is 3.39. The fourth-order valence-electron chi connectivity index (χ4n) is 2.40. The molecule has 0 aliphatic heterocycles. The number of ether oxygens (including phenoxy) is 2. The third-order valence-corrected chi connectivity index (χ3v) is 4.87. The van der Waals surface area contributed by atoms with Crippen LogP contribution in [0.3, 0.4) is 0 Å². The largest absolute Gasteiger partial charge is 0.481 e. The van der Waals surface area contributed by atoms with E-state index >= 15 is 0 Å². The predicted molar refractivity (Wildman–Crippen MR) is 94.2 cm³/mol. The van der Waals surface area contributed by atoms with Crippen molar-refractivity contribution in [3.63, 3.8) is 0 Å². The Morgan fingerprint density at radius 2 is 1.56 bits per heavy atom. The summed E-state index contributed by atoms with van der Waals surface area (Å²) >= 11 is 0. The van der Waals surface area contributed by atoms with Crippen molar-refractivity contribution in [1.82, 2.24) is 13.9 Å². The highest BCUT2D eigenvalue weighted by Gasteiger charge is 2.56. The van der Waals surface area contributed by atoms with Gasteiger partial charge in [-0.25, -0.2) is 4.79 Å². The monoisotopic (exact) mass is 397 g/mol. The molecule has 0 fully saturated rings. The van der Waals surface area contributed by atoms with Crippen LogP contribution in [0.25, 0.3) is 0 Å². The number of hydrogen-bond donors (Lipinski definition) is 3. The van der Waals surface area contributed by atoms with Crippen LogP contribution >= 0.6 is 0 Å². The molecule has 2 aromatic rings. The Kier molecular flexibility index (Phi) is 5.30. The molecule has 1 aromatic carbocycles. The molecule has 0 aliphatic carbocycles. The van der Waals surface area contributed by atoms with Gasteiger partial charge in [0.2, 0.25) is 11.8 Å². The molecule has 0 saturated heterocycles. The van der Waals surface area contributed by atoms with Gasteiger partial charge in [-0.15, -0.1) is 9.97 Å². The van der Waals surface area contributed by atoms with E-state index in [4.69, 9.17) is 26.1 Å². The first kappa shape index (κ1) is 20.0. The fraction of sp³-hybridized carbons (Fsp3) is 0.143. The predicted octanol–water partition coefficient (Wildman–Crippen LogP) is -0.486. The maximum absolute atomic E-state index is 12.6. The Bertz CT molecular complexity index is 989. The second-order valence-electron chi connectivity index (χ2n) is 5.10. The maximum atomic E-state index is 12.6. The first-order valence-electron chi connectivity index (χ1n) is 7.18. The summed E-state index contributed by atoms with van der Waals surface area (Å²) in [5.41, 5.74) is 9.98. The molecule has 144 valence electrons. The van der Waals surface area contributed by atoms with Crippen LogP contribution in [-0.2, 0) is 10.2 Å². The Hall–Kier alpha value is -3.29. The summed E-state index contributed by atoms with van der Waals surface area (Å²) in [5.74, 6) is -2.01. The van der Waals surface area contributed by atoms with E-state index in [1.54, 1.807) is 0 Å². The number of nitrogens with two attached hydrogens (primary N) is 3. The van der Waals surface area contributed by atoms with Gasteiger partial charge in [0, 0.05) is 6.07 Å². The second kappa shape index (κ2) is 7.14. The highest BCUT2D eigenvalue weighted by Crippen LogP contribution is 2.39. The topological polar surface area (TPSA) is 191 Å². The lowest BCUT2D eigenvalue weighted by Gasteiger charge is -2.28. The first-order chi connectivity index (χ1) is 12.6. The van der Waals surface area contributed by atoms with Gasteiger partial charge in [-0.05, 0) is 9.95 Å². The average molecular weight is 397 g/mol. The van der Waals surface area contributed by atoms with Gasteiger partial charge in [-0.2, -0.15) is 13.6 Å². The Morgan fingerprint density at radius 1 is 1.04 bits per heavy atom. The van der Waals surface area contributed by atoms with Gasteiger partial charge >= 0.3 is 22.2 Å².